The van der Waals surface area contributed by atoms with E-state index >= 15 is 0 Å². The third kappa shape index (κ3) is 3.97. The Balaban J connectivity index is 1.60. The van der Waals surface area contributed by atoms with Gasteiger partial charge in [0.25, 0.3) is 5.91 Å². The van der Waals surface area contributed by atoms with E-state index in [9.17, 15) is 9.90 Å². The number of aliphatic hydroxyl groups excluding tert-OH is 1. The molecule has 0 unspecified atom stereocenters. The van der Waals surface area contributed by atoms with Gasteiger partial charge in [0.2, 0.25) is 5.95 Å². The van der Waals surface area contributed by atoms with Gasteiger partial charge in [-0.05, 0) is 42.2 Å². The van der Waals surface area contributed by atoms with Crippen LogP contribution in [0.4, 0.5) is 5.95 Å². The Hall–Kier alpha value is -2.90. The number of halogens is 1. The first-order chi connectivity index (χ1) is 14.1. The number of amides is 1. The molecule has 29 heavy (non-hydrogen) atoms. The minimum Gasteiger partial charge on any atom is -0.455 e. The summed E-state index contributed by atoms with van der Waals surface area (Å²) in [7, 11) is 1.76. The van der Waals surface area contributed by atoms with Gasteiger partial charge in [-0.25, -0.2) is 9.97 Å². The molecule has 3 N–H and O–H groups in total. The summed E-state index contributed by atoms with van der Waals surface area (Å²) in [6.45, 7) is -0.0562. The van der Waals surface area contributed by atoms with Crippen LogP contribution in [0.5, 0.6) is 0 Å². The molecule has 0 fully saturated rings. The smallest absolute Gasteiger partial charge is 0.287 e. The third-order valence-corrected chi connectivity index (χ3v) is 5.24. The molecule has 0 aliphatic heterocycles. The molecule has 7 nitrogen and oxygen atoms in total. The first-order valence-corrected chi connectivity index (χ1v) is 9.80. The lowest BCUT2D eigenvalue weighted by Crippen LogP contribution is -2.29. The van der Waals surface area contributed by atoms with Crippen molar-refractivity contribution in [3.05, 3.63) is 64.2 Å². The average molecular weight is 413 g/mol. The summed E-state index contributed by atoms with van der Waals surface area (Å²) >= 11 is 5.95. The van der Waals surface area contributed by atoms with Gasteiger partial charge < -0.3 is 20.2 Å². The molecule has 1 aliphatic rings. The summed E-state index contributed by atoms with van der Waals surface area (Å²) < 4.78 is 5.86. The van der Waals surface area contributed by atoms with Crippen molar-refractivity contribution in [1.82, 2.24) is 15.3 Å². The summed E-state index contributed by atoms with van der Waals surface area (Å²) in [5, 5.41) is 15.9. The highest BCUT2D eigenvalue weighted by atomic mass is 35.5. The zero-order chi connectivity index (χ0) is 20.4. The first kappa shape index (κ1) is 19.4. The molecule has 8 heteroatoms. The largest absolute Gasteiger partial charge is 0.455 e. The number of rotatable bonds is 6. The van der Waals surface area contributed by atoms with Gasteiger partial charge >= 0.3 is 0 Å². The van der Waals surface area contributed by atoms with Crippen LogP contribution in [0.2, 0.25) is 5.02 Å². The van der Waals surface area contributed by atoms with Gasteiger partial charge in [0.1, 0.15) is 5.76 Å². The van der Waals surface area contributed by atoms with Crippen molar-refractivity contribution in [2.24, 2.45) is 0 Å². The maximum absolute atomic E-state index is 12.9. The predicted octanol–water partition coefficient (Wildman–Crippen LogP) is 3.38. The van der Waals surface area contributed by atoms with E-state index in [2.05, 4.69) is 20.6 Å². The van der Waals surface area contributed by atoms with E-state index in [1.807, 2.05) is 18.3 Å². The molecule has 4 rings (SSSR count). The van der Waals surface area contributed by atoms with Gasteiger partial charge in [-0.1, -0.05) is 23.7 Å². The number of carbonyl (C=O) groups excluding carboxylic acids is 1. The Morgan fingerprint density at radius 3 is 2.83 bits per heavy atom. The molecule has 0 saturated carbocycles. The molecular formula is C21H21ClN4O3. The quantitative estimate of drug-likeness (QED) is 0.573. The van der Waals surface area contributed by atoms with Crippen LogP contribution in [0.15, 0.2) is 40.9 Å². The SMILES string of the molecule is CNc1ncc2c(n1)-c1cc(C(=O)N[C@@H](CCO)c3ccc(Cl)cc3)oc1CC2. The lowest BCUT2D eigenvalue weighted by molar-refractivity contribution is 0.0900. The second-order valence-electron chi connectivity index (χ2n) is 6.85. The lowest BCUT2D eigenvalue weighted by Gasteiger charge is -2.17. The van der Waals surface area contributed by atoms with Crippen LogP contribution in [0.25, 0.3) is 11.3 Å². The van der Waals surface area contributed by atoms with Gasteiger partial charge in [-0.15, -0.1) is 0 Å². The Bertz CT molecular complexity index is 1030. The first-order valence-electron chi connectivity index (χ1n) is 9.43. The molecule has 2 heterocycles. The molecule has 1 aromatic carbocycles. The molecule has 3 aromatic rings. The number of benzene rings is 1. The van der Waals surface area contributed by atoms with Gasteiger partial charge in [-0.2, -0.15) is 0 Å². The number of furan rings is 1. The fraction of sp³-hybridized carbons (Fsp3) is 0.286. The molecule has 0 bridgehead atoms. The van der Waals surface area contributed by atoms with Crippen molar-refractivity contribution in [2.75, 3.05) is 19.0 Å². The lowest BCUT2D eigenvalue weighted by atomic mass is 9.96. The van der Waals surface area contributed by atoms with Gasteiger partial charge in [-0.3, -0.25) is 4.79 Å². The van der Waals surface area contributed by atoms with E-state index in [-0.39, 0.29) is 24.3 Å². The summed E-state index contributed by atoms with van der Waals surface area (Å²) in [6.07, 6.45) is 3.64. The molecule has 1 amide bonds. The maximum Gasteiger partial charge on any atom is 0.287 e. The van der Waals surface area contributed by atoms with Crippen LogP contribution in [0, 0.1) is 0 Å². The van der Waals surface area contributed by atoms with Crippen molar-refractivity contribution < 1.29 is 14.3 Å². The highest BCUT2D eigenvalue weighted by molar-refractivity contribution is 6.30. The van der Waals surface area contributed by atoms with Gasteiger partial charge in [0.05, 0.1) is 11.7 Å². The van der Waals surface area contributed by atoms with Crippen LogP contribution in [0.3, 0.4) is 0 Å². The van der Waals surface area contributed by atoms with E-state index < -0.39 is 0 Å². The number of nitrogens with zero attached hydrogens (tertiary/aromatic N) is 2. The predicted molar refractivity (Wildman–Crippen MR) is 110 cm³/mol. The maximum atomic E-state index is 12.9. The molecular weight excluding hydrogens is 392 g/mol. The number of aliphatic hydroxyl groups is 1. The Morgan fingerprint density at radius 2 is 2.10 bits per heavy atom. The van der Waals surface area contributed by atoms with Crippen molar-refractivity contribution in [3.63, 3.8) is 0 Å². The van der Waals surface area contributed by atoms with Crippen LogP contribution in [-0.4, -0.2) is 34.6 Å². The zero-order valence-corrected chi connectivity index (χ0v) is 16.7. The highest BCUT2D eigenvalue weighted by Gasteiger charge is 2.26. The standard InChI is InChI=1S/C21H21ClN4O3/c1-23-21-24-11-13-4-7-17-15(19(13)26-21)10-18(29-17)20(28)25-16(8-9-27)12-2-5-14(22)6-3-12/h2-3,5-6,10-11,16,27H,4,7-9H2,1H3,(H,25,28)(H,23,24,26)/t16-/m0/s1. The van der Waals surface area contributed by atoms with Crippen LogP contribution in [0.1, 0.15) is 39.9 Å². The minimum absolute atomic E-state index is 0.0562. The number of aryl methyl sites for hydroxylation is 2. The van der Waals surface area contributed by atoms with Crippen molar-refractivity contribution in [1.29, 1.82) is 0 Å². The molecule has 0 saturated heterocycles. The van der Waals surface area contributed by atoms with Crippen molar-refractivity contribution >= 4 is 23.5 Å². The number of hydrogen-bond donors (Lipinski definition) is 3. The zero-order valence-electron chi connectivity index (χ0n) is 15.9. The van der Waals surface area contributed by atoms with Crippen LogP contribution < -0.4 is 10.6 Å². The van der Waals surface area contributed by atoms with Crippen LogP contribution >= 0.6 is 11.6 Å². The second-order valence-corrected chi connectivity index (χ2v) is 7.29. The summed E-state index contributed by atoms with van der Waals surface area (Å²) in [6, 6.07) is 8.57. The summed E-state index contributed by atoms with van der Waals surface area (Å²) in [5.41, 5.74) is 3.51. The number of nitrogens with one attached hydrogen (secondary N) is 2. The van der Waals surface area contributed by atoms with E-state index in [1.54, 1.807) is 25.2 Å². The monoisotopic (exact) mass is 412 g/mol. The summed E-state index contributed by atoms with van der Waals surface area (Å²) in [4.78, 5) is 21.7. The van der Waals surface area contributed by atoms with E-state index in [1.165, 1.54) is 0 Å². The van der Waals surface area contributed by atoms with E-state index in [4.69, 9.17) is 16.0 Å². The topological polar surface area (TPSA) is 100 Å². The Kier molecular flexibility index (Phi) is 5.51. The Labute approximate surface area is 173 Å². The number of fused-ring (bicyclic) bond motifs is 3. The van der Waals surface area contributed by atoms with Crippen molar-refractivity contribution in [3.8, 4) is 11.3 Å². The minimum atomic E-state index is -0.350. The number of anilines is 1. The highest BCUT2D eigenvalue weighted by Crippen LogP contribution is 2.35. The molecule has 150 valence electrons. The number of hydrogen-bond acceptors (Lipinski definition) is 6. The van der Waals surface area contributed by atoms with Gasteiger partial charge in [0.15, 0.2) is 5.76 Å². The molecule has 0 spiro atoms. The molecule has 0 radical (unpaired) electrons. The number of carbonyl (C=O) groups is 1. The van der Waals surface area contributed by atoms with Crippen LogP contribution in [-0.2, 0) is 12.8 Å². The molecule has 1 atom stereocenters. The second kappa shape index (κ2) is 8.23. The molecule has 2 aromatic heterocycles. The molecule has 1 aliphatic carbocycles. The Morgan fingerprint density at radius 1 is 1.31 bits per heavy atom. The van der Waals surface area contributed by atoms with Gasteiger partial charge in [0, 0.05) is 36.9 Å². The fourth-order valence-electron chi connectivity index (χ4n) is 3.49. The normalized spacial score (nSPS) is 13.3. The average Bonchev–Trinajstić information content (AvgIpc) is 3.18. The van der Waals surface area contributed by atoms with E-state index in [0.29, 0.717) is 23.8 Å². The number of aromatic nitrogens is 2. The fourth-order valence-corrected chi connectivity index (χ4v) is 3.62. The van der Waals surface area contributed by atoms with Crippen molar-refractivity contribution in [2.45, 2.75) is 25.3 Å². The third-order valence-electron chi connectivity index (χ3n) is 4.99. The summed E-state index contributed by atoms with van der Waals surface area (Å²) in [5.74, 6) is 1.16. The van der Waals surface area contributed by atoms with E-state index in [0.717, 1.165) is 34.6 Å².